The Labute approximate surface area is 177 Å². The molecule has 0 radical (unpaired) electrons. The van der Waals surface area contributed by atoms with Crippen molar-refractivity contribution in [3.63, 3.8) is 0 Å². The second-order valence-electron chi connectivity index (χ2n) is 6.11. The summed E-state index contributed by atoms with van der Waals surface area (Å²) in [5, 5.41) is 0. The standard InChI is InChI=1S/C23H30O7/c24-23(21-7-3-1-4-8-21)30-20-18-28-16-14-26-12-11-25-13-15-27-17-19-29-22-9-5-2-6-10-22/h1-10H,11-20H2. The van der Waals surface area contributed by atoms with Crippen molar-refractivity contribution in [3.8, 4) is 5.75 Å². The van der Waals surface area contributed by atoms with E-state index in [0.29, 0.717) is 65.0 Å². The fraction of sp³-hybridized carbons (Fsp3) is 0.435. The van der Waals surface area contributed by atoms with Gasteiger partial charge in [0.1, 0.15) is 19.0 Å². The maximum absolute atomic E-state index is 11.7. The zero-order valence-corrected chi connectivity index (χ0v) is 17.2. The molecule has 0 aliphatic rings. The van der Waals surface area contributed by atoms with Gasteiger partial charge in [-0.2, -0.15) is 0 Å². The maximum Gasteiger partial charge on any atom is 0.338 e. The molecule has 164 valence electrons. The molecule has 0 unspecified atom stereocenters. The molecule has 2 aromatic rings. The van der Waals surface area contributed by atoms with Gasteiger partial charge in [-0.1, -0.05) is 36.4 Å². The van der Waals surface area contributed by atoms with E-state index in [0.717, 1.165) is 5.75 Å². The highest BCUT2D eigenvalue weighted by Gasteiger charge is 2.04. The summed E-state index contributed by atoms with van der Waals surface area (Å²) in [6, 6.07) is 18.5. The van der Waals surface area contributed by atoms with Crippen molar-refractivity contribution in [3.05, 3.63) is 66.2 Å². The normalized spacial score (nSPS) is 10.7. The average Bonchev–Trinajstić information content (AvgIpc) is 2.80. The molecule has 2 rings (SSSR count). The van der Waals surface area contributed by atoms with E-state index in [1.54, 1.807) is 24.3 Å². The second-order valence-corrected chi connectivity index (χ2v) is 6.11. The minimum Gasteiger partial charge on any atom is -0.491 e. The summed E-state index contributed by atoms with van der Waals surface area (Å²) in [5.74, 6) is 0.493. The summed E-state index contributed by atoms with van der Waals surface area (Å²) in [5.41, 5.74) is 0.534. The molecule has 0 saturated heterocycles. The lowest BCUT2D eigenvalue weighted by atomic mass is 10.2. The van der Waals surface area contributed by atoms with Crippen molar-refractivity contribution in [2.24, 2.45) is 0 Å². The number of benzene rings is 2. The Morgan fingerprint density at radius 1 is 0.533 bits per heavy atom. The summed E-state index contributed by atoms with van der Waals surface area (Å²) >= 11 is 0. The van der Waals surface area contributed by atoms with E-state index in [1.165, 1.54) is 0 Å². The summed E-state index contributed by atoms with van der Waals surface area (Å²) in [7, 11) is 0. The van der Waals surface area contributed by atoms with Crippen LogP contribution in [0.25, 0.3) is 0 Å². The van der Waals surface area contributed by atoms with Crippen LogP contribution in [0.5, 0.6) is 5.75 Å². The maximum atomic E-state index is 11.7. The molecule has 0 spiro atoms. The summed E-state index contributed by atoms with van der Waals surface area (Å²) in [6.45, 7) is 4.50. The van der Waals surface area contributed by atoms with E-state index in [4.69, 9.17) is 28.4 Å². The second kappa shape index (κ2) is 16.4. The van der Waals surface area contributed by atoms with Crippen LogP contribution >= 0.6 is 0 Å². The van der Waals surface area contributed by atoms with Gasteiger partial charge in [0.15, 0.2) is 0 Å². The summed E-state index contributed by atoms with van der Waals surface area (Å²) in [4.78, 5) is 11.7. The molecular formula is C23H30O7. The quantitative estimate of drug-likeness (QED) is 0.289. The Morgan fingerprint density at radius 2 is 0.967 bits per heavy atom. The summed E-state index contributed by atoms with van der Waals surface area (Å²) < 4.78 is 32.3. The number of carbonyl (C=O) groups is 1. The minimum atomic E-state index is -0.347. The Bertz CT molecular complexity index is 664. The number of carbonyl (C=O) groups excluding carboxylic acids is 1. The van der Waals surface area contributed by atoms with Crippen molar-refractivity contribution >= 4 is 5.97 Å². The smallest absolute Gasteiger partial charge is 0.338 e. The predicted molar refractivity (Wildman–Crippen MR) is 112 cm³/mol. The van der Waals surface area contributed by atoms with E-state index >= 15 is 0 Å². The largest absolute Gasteiger partial charge is 0.491 e. The van der Waals surface area contributed by atoms with E-state index in [9.17, 15) is 4.79 Å². The van der Waals surface area contributed by atoms with Crippen LogP contribution < -0.4 is 4.74 Å². The van der Waals surface area contributed by atoms with Crippen molar-refractivity contribution in [1.29, 1.82) is 0 Å². The minimum absolute atomic E-state index is 0.216. The SMILES string of the molecule is O=C(OCCOCCOCCOCCOCCOc1ccccc1)c1ccccc1. The van der Waals surface area contributed by atoms with Gasteiger partial charge in [0.25, 0.3) is 0 Å². The average molecular weight is 418 g/mol. The van der Waals surface area contributed by atoms with Crippen LogP contribution in [0.3, 0.4) is 0 Å². The number of esters is 1. The van der Waals surface area contributed by atoms with Gasteiger partial charge in [0.2, 0.25) is 0 Å². The molecular weight excluding hydrogens is 388 g/mol. The molecule has 0 aromatic heterocycles. The third kappa shape index (κ3) is 11.5. The van der Waals surface area contributed by atoms with Crippen LogP contribution in [0.15, 0.2) is 60.7 Å². The zero-order chi connectivity index (χ0) is 21.1. The Morgan fingerprint density at radius 3 is 1.50 bits per heavy atom. The third-order valence-electron chi connectivity index (χ3n) is 3.83. The number of ether oxygens (including phenoxy) is 6. The first kappa shape index (κ1) is 23.8. The molecule has 0 N–H and O–H groups in total. The van der Waals surface area contributed by atoms with Gasteiger partial charge >= 0.3 is 5.97 Å². The van der Waals surface area contributed by atoms with E-state index < -0.39 is 0 Å². The molecule has 0 aliphatic heterocycles. The molecule has 0 aliphatic carbocycles. The Kier molecular flexibility index (Phi) is 13.0. The molecule has 0 atom stereocenters. The van der Waals surface area contributed by atoms with Gasteiger partial charge in [-0.3, -0.25) is 0 Å². The van der Waals surface area contributed by atoms with Crippen LogP contribution in [0.2, 0.25) is 0 Å². The molecule has 0 amide bonds. The first-order valence-corrected chi connectivity index (χ1v) is 10.1. The van der Waals surface area contributed by atoms with Crippen molar-refractivity contribution in [2.75, 3.05) is 66.1 Å². The lowest BCUT2D eigenvalue weighted by Crippen LogP contribution is -2.15. The Hall–Kier alpha value is -2.45. The van der Waals surface area contributed by atoms with Gasteiger partial charge in [-0.05, 0) is 24.3 Å². The molecule has 2 aromatic carbocycles. The third-order valence-corrected chi connectivity index (χ3v) is 3.83. The number of rotatable bonds is 17. The molecule has 30 heavy (non-hydrogen) atoms. The van der Waals surface area contributed by atoms with Gasteiger partial charge in [-0.15, -0.1) is 0 Å². The van der Waals surface area contributed by atoms with Crippen molar-refractivity contribution < 1.29 is 33.2 Å². The van der Waals surface area contributed by atoms with E-state index in [1.807, 2.05) is 36.4 Å². The van der Waals surface area contributed by atoms with Gasteiger partial charge in [0.05, 0.1) is 58.4 Å². The lowest BCUT2D eigenvalue weighted by Gasteiger charge is -2.08. The zero-order valence-electron chi connectivity index (χ0n) is 17.2. The first-order chi connectivity index (χ1) is 14.9. The fourth-order valence-corrected chi connectivity index (χ4v) is 2.35. The van der Waals surface area contributed by atoms with Gasteiger partial charge in [-0.25, -0.2) is 4.79 Å². The predicted octanol–water partition coefficient (Wildman–Crippen LogP) is 2.99. The number of hydrogen-bond acceptors (Lipinski definition) is 7. The monoisotopic (exact) mass is 418 g/mol. The fourth-order valence-electron chi connectivity index (χ4n) is 2.35. The number of hydrogen-bond donors (Lipinski definition) is 0. The molecule has 7 heteroatoms. The number of para-hydroxylation sites is 1. The van der Waals surface area contributed by atoms with Gasteiger partial charge < -0.3 is 28.4 Å². The van der Waals surface area contributed by atoms with Crippen molar-refractivity contribution in [2.45, 2.75) is 0 Å². The first-order valence-electron chi connectivity index (χ1n) is 10.1. The highest BCUT2D eigenvalue weighted by Crippen LogP contribution is 2.07. The lowest BCUT2D eigenvalue weighted by molar-refractivity contribution is -0.0107. The van der Waals surface area contributed by atoms with Crippen LogP contribution in [0.1, 0.15) is 10.4 Å². The van der Waals surface area contributed by atoms with Crippen LogP contribution in [-0.4, -0.2) is 72.0 Å². The van der Waals surface area contributed by atoms with E-state index in [2.05, 4.69) is 0 Å². The molecule has 0 bridgehead atoms. The van der Waals surface area contributed by atoms with Gasteiger partial charge in [0, 0.05) is 0 Å². The van der Waals surface area contributed by atoms with Crippen LogP contribution in [0.4, 0.5) is 0 Å². The van der Waals surface area contributed by atoms with Crippen LogP contribution in [0, 0.1) is 0 Å². The highest BCUT2D eigenvalue weighted by molar-refractivity contribution is 5.89. The molecule has 0 fully saturated rings. The molecule has 0 heterocycles. The van der Waals surface area contributed by atoms with Crippen molar-refractivity contribution in [1.82, 2.24) is 0 Å². The van der Waals surface area contributed by atoms with E-state index in [-0.39, 0.29) is 12.6 Å². The van der Waals surface area contributed by atoms with Crippen LogP contribution in [-0.2, 0) is 23.7 Å². The molecule has 0 saturated carbocycles. The summed E-state index contributed by atoms with van der Waals surface area (Å²) in [6.07, 6.45) is 0. The topological polar surface area (TPSA) is 72.5 Å². The molecule has 7 nitrogen and oxygen atoms in total. The Balaban J connectivity index is 1.27. The highest BCUT2D eigenvalue weighted by atomic mass is 16.6.